The van der Waals surface area contributed by atoms with Crippen molar-refractivity contribution in [3.63, 3.8) is 0 Å². The molecule has 1 aliphatic heterocycles. The van der Waals surface area contributed by atoms with Crippen LogP contribution < -0.4 is 4.90 Å². The lowest BCUT2D eigenvalue weighted by Gasteiger charge is -2.35. The van der Waals surface area contributed by atoms with Crippen LogP contribution in [0.4, 0.5) is 5.82 Å². The molecule has 1 saturated heterocycles. The SMILES string of the molecule is CN(Cc1ccccc1)C(=O)C1CCCN(c2ncccc2-c2noc(C3CCC3)n2)C1. The molecule has 7 heteroatoms. The Bertz CT molecular complexity index is 1060. The van der Waals surface area contributed by atoms with Gasteiger partial charge in [-0.2, -0.15) is 4.98 Å². The van der Waals surface area contributed by atoms with Crippen LogP contribution in [-0.4, -0.2) is 46.1 Å². The second-order valence-corrected chi connectivity index (χ2v) is 8.92. The van der Waals surface area contributed by atoms with E-state index in [0.29, 0.717) is 24.8 Å². The third kappa shape index (κ3) is 4.24. The van der Waals surface area contributed by atoms with Crippen molar-refractivity contribution in [1.29, 1.82) is 0 Å². The van der Waals surface area contributed by atoms with E-state index in [1.54, 1.807) is 6.20 Å². The number of amides is 1. The lowest BCUT2D eigenvalue weighted by molar-refractivity contribution is -0.135. The summed E-state index contributed by atoms with van der Waals surface area (Å²) in [4.78, 5) is 26.6. The maximum atomic E-state index is 13.2. The largest absolute Gasteiger partial charge is 0.355 e. The summed E-state index contributed by atoms with van der Waals surface area (Å²) >= 11 is 0. The van der Waals surface area contributed by atoms with Crippen molar-refractivity contribution >= 4 is 11.7 Å². The van der Waals surface area contributed by atoms with Gasteiger partial charge in [-0.25, -0.2) is 4.98 Å². The van der Waals surface area contributed by atoms with Crippen LogP contribution >= 0.6 is 0 Å². The Hall–Kier alpha value is -3.22. The number of hydrogen-bond acceptors (Lipinski definition) is 6. The number of aromatic nitrogens is 3. The van der Waals surface area contributed by atoms with E-state index in [4.69, 9.17) is 4.52 Å². The van der Waals surface area contributed by atoms with Crippen LogP contribution in [0.25, 0.3) is 11.4 Å². The zero-order chi connectivity index (χ0) is 21.9. The topological polar surface area (TPSA) is 75.4 Å². The Morgan fingerprint density at radius 3 is 2.75 bits per heavy atom. The molecule has 3 heterocycles. The number of hydrogen-bond donors (Lipinski definition) is 0. The monoisotopic (exact) mass is 431 g/mol. The highest BCUT2D eigenvalue weighted by Crippen LogP contribution is 2.37. The molecule has 1 aromatic carbocycles. The van der Waals surface area contributed by atoms with Crippen molar-refractivity contribution in [2.45, 2.75) is 44.6 Å². The third-order valence-electron chi connectivity index (χ3n) is 6.63. The highest BCUT2D eigenvalue weighted by Gasteiger charge is 2.31. The molecule has 1 saturated carbocycles. The van der Waals surface area contributed by atoms with Gasteiger partial charge in [0.1, 0.15) is 5.82 Å². The predicted molar refractivity (Wildman–Crippen MR) is 122 cm³/mol. The first-order valence-corrected chi connectivity index (χ1v) is 11.5. The summed E-state index contributed by atoms with van der Waals surface area (Å²) in [5.41, 5.74) is 2.01. The summed E-state index contributed by atoms with van der Waals surface area (Å²) in [6.45, 7) is 2.14. The molecular weight excluding hydrogens is 402 g/mol. The molecule has 1 aliphatic carbocycles. The van der Waals surface area contributed by atoms with Crippen molar-refractivity contribution in [3.8, 4) is 11.4 Å². The van der Waals surface area contributed by atoms with Gasteiger partial charge < -0.3 is 14.3 Å². The quantitative estimate of drug-likeness (QED) is 0.580. The van der Waals surface area contributed by atoms with Crippen LogP contribution in [0, 0.1) is 5.92 Å². The average molecular weight is 432 g/mol. The molecule has 0 spiro atoms. The van der Waals surface area contributed by atoms with Gasteiger partial charge in [-0.15, -0.1) is 0 Å². The number of rotatable bonds is 6. The molecule has 166 valence electrons. The summed E-state index contributed by atoms with van der Waals surface area (Å²) in [5.74, 6) is 2.68. The van der Waals surface area contributed by atoms with Crippen LogP contribution in [0.1, 0.15) is 49.5 Å². The summed E-state index contributed by atoms with van der Waals surface area (Å²) in [6, 6.07) is 14.0. The highest BCUT2D eigenvalue weighted by molar-refractivity contribution is 5.80. The minimum absolute atomic E-state index is 0.0527. The van der Waals surface area contributed by atoms with E-state index in [1.807, 2.05) is 42.3 Å². The van der Waals surface area contributed by atoms with Crippen molar-refractivity contribution in [3.05, 3.63) is 60.1 Å². The van der Waals surface area contributed by atoms with Gasteiger partial charge in [-0.3, -0.25) is 4.79 Å². The van der Waals surface area contributed by atoms with E-state index < -0.39 is 0 Å². The molecule has 1 amide bonds. The molecule has 2 fully saturated rings. The Labute approximate surface area is 188 Å². The highest BCUT2D eigenvalue weighted by atomic mass is 16.5. The minimum Gasteiger partial charge on any atom is -0.355 e. The van der Waals surface area contributed by atoms with Gasteiger partial charge in [-0.1, -0.05) is 41.9 Å². The van der Waals surface area contributed by atoms with Crippen LogP contribution in [-0.2, 0) is 11.3 Å². The Morgan fingerprint density at radius 2 is 1.97 bits per heavy atom. The molecule has 2 aromatic heterocycles. The fourth-order valence-electron chi connectivity index (χ4n) is 4.61. The van der Waals surface area contributed by atoms with Crippen molar-refractivity contribution in [1.82, 2.24) is 20.0 Å². The standard InChI is InChI=1S/C25H29N5O2/c1-29(16-18-8-3-2-4-9-18)25(31)20-12-7-15-30(17-20)23-21(13-6-14-26-23)22-27-24(32-28-22)19-10-5-11-19/h2-4,6,8-9,13-14,19-20H,5,7,10-12,15-17H2,1H3. The molecule has 1 atom stereocenters. The van der Waals surface area contributed by atoms with Crippen molar-refractivity contribution in [2.24, 2.45) is 5.92 Å². The number of pyridine rings is 1. The average Bonchev–Trinajstić information content (AvgIpc) is 3.27. The van der Waals surface area contributed by atoms with E-state index >= 15 is 0 Å². The first-order chi connectivity index (χ1) is 15.7. The summed E-state index contributed by atoms with van der Waals surface area (Å²) < 4.78 is 5.54. The number of nitrogens with zero attached hydrogens (tertiary/aromatic N) is 5. The number of carbonyl (C=O) groups is 1. The summed E-state index contributed by atoms with van der Waals surface area (Å²) in [5, 5.41) is 4.25. The molecule has 0 N–H and O–H groups in total. The van der Waals surface area contributed by atoms with Crippen LogP contribution in [0.15, 0.2) is 53.2 Å². The van der Waals surface area contributed by atoms with E-state index in [9.17, 15) is 4.79 Å². The number of anilines is 1. The maximum Gasteiger partial charge on any atom is 0.230 e. The maximum absolute atomic E-state index is 13.2. The smallest absolute Gasteiger partial charge is 0.230 e. The Balaban J connectivity index is 1.31. The molecule has 0 radical (unpaired) electrons. The third-order valence-corrected chi connectivity index (χ3v) is 6.63. The van der Waals surface area contributed by atoms with Gasteiger partial charge in [0.2, 0.25) is 17.6 Å². The van der Waals surface area contributed by atoms with Gasteiger partial charge in [0.25, 0.3) is 0 Å². The molecule has 5 rings (SSSR count). The fourth-order valence-corrected chi connectivity index (χ4v) is 4.61. The zero-order valence-electron chi connectivity index (χ0n) is 18.5. The van der Waals surface area contributed by atoms with E-state index in [1.165, 1.54) is 6.42 Å². The predicted octanol–water partition coefficient (Wildman–Crippen LogP) is 4.27. The first kappa shape index (κ1) is 20.7. The molecule has 1 unspecified atom stereocenters. The van der Waals surface area contributed by atoms with Crippen LogP contribution in [0.2, 0.25) is 0 Å². The zero-order valence-corrected chi connectivity index (χ0v) is 18.5. The van der Waals surface area contributed by atoms with E-state index in [0.717, 1.165) is 55.1 Å². The van der Waals surface area contributed by atoms with Crippen molar-refractivity contribution < 1.29 is 9.32 Å². The minimum atomic E-state index is -0.0527. The van der Waals surface area contributed by atoms with E-state index in [2.05, 4.69) is 32.2 Å². The van der Waals surface area contributed by atoms with Gasteiger partial charge in [0, 0.05) is 38.8 Å². The molecule has 0 bridgehead atoms. The van der Waals surface area contributed by atoms with Crippen LogP contribution in [0.3, 0.4) is 0 Å². The Kier molecular flexibility index (Phi) is 5.88. The summed E-state index contributed by atoms with van der Waals surface area (Å²) in [6.07, 6.45) is 7.10. The van der Waals surface area contributed by atoms with E-state index in [-0.39, 0.29) is 11.8 Å². The molecule has 7 nitrogen and oxygen atoms in total. The first-order valence-electron chi connectivity index (χ1n) is 11.5. The summed E-state index contributed by atoms with van der Waals surface area (Å²) in [7, 11) is 1.89. The second-order valence-electron chi connectivity index (χ2n) is 8.92. The number of piperidine rings is 1. The number of carbonyl (C=O) groups excluding carboxylic acids is 1. The van der Waals surface area contributed by atoms with Gasteiger partial charge >= 0.3 is 0 Å². The lowest BCUT2D eigenvalue weighted by Crippen LogP contribution is -2.44. The second kappa shape index (κ2) is 9.10. The van der Waals surface area contributed by atoms with Gasteiger partial charge in [0.15, 0.2) is 0 Å². The molecule has 2 aliphatic rings. The molecule has 3 aromatic rings. The molecular formula is C25H29N5O2. The van der Waals surface area contributed by atoms with Gasteiger partial charge in [-0.05, 0) is 43.4 Å². The fraction of sp³-hybridized carbons (Fsp3) is 0.440. The Morgan fingerprint density at radius 1 is 1.12 bits per heavy atom. The lowest BCUT2D eigenvalue weighted by atomic mass is 9.85. The van der Waals surface area contributed by atoms with Crippen molar-refractivity contribution in [2.75, 3.05) is 25.0 Å². The van der Waals surface area contributed by atoms with Crippen LogP contribution in [0.5, 0.6) is 0 Å². The normalized spacial score (nSPS) is 18.9. The molecule has 32 heavy (non-hydrogen) atoms. The van der Waals surface area contributed by atoms with Gasteiger partial charge in [0.05, 0.1) is 11.5 Å². The number of benzene rings is 1.